The lowest BCUT2D eigenvalue weighted by molar-refractivity contribution is -0.379. The Balaban J connectivity index is 1.35. The van der Waals surface area contributed by atoms with Crippen molar-refractivity contribution < 1.29 is 89.4 Å². The molecule has 3 fully saturated rings. The van der Waals surface area contributed by atoms with Gasteiger partial charge in [-0.05, 0) is 96.3 Å². The minimum Gasteiger partial charge on any atom is -0.394 e. The van der Waals surface area contributed by atoms with E-state index in [-0.39, 0.29) is 18.9 Å². The fourth-order valence-corrected chi connectivity index (χ4v) is 14.4. The number of nitrogens with one attached hydrogen (secondary N) is 1. The molecule has 1 amide bonds. The number of rotatable bonds is 71. The van der Waals surface area contributed by atoms with Crippen molar-refractivity contribution in [3.63, 3.8) is 0 Å². The summed E-state index contributed by atoms with van der Waals surface area (Å²) in [5, 5.41) is 121. The molecule has 19 nitrogen and oxygen atoms in total. The highest BCUT2D eigenvalue weighted by molar-refractivity contribution is 5.76. The van der Waals surface area contributed by atoms with E-state index in [0.29, 0.717) is 12.8 Å². The van der Waals surface area contributed by atoms with Gasteiger partial charge in [-0.25, -0.2) is 0 Å². The second-order valence-electron chi connectivity index (χ2n) is 31.3. The van der Waals surface area contributed by atoms with Gasteiger partial charge in [-0.15, -0.1) is 0 Å². The number of aliphatic hydroxyl groups is 11. The maximum absolute atomic E-state index is 13.5. The van der Waals surface area contributed by atoms with Crippen molar-refractivity contribution in [3.8, 4) is 0 Å². The molecule has 19 heteroatoms. The molecule has 17 unspecified atom stereocenters. The summed E-state index contributed by atoms with van der Waals surface area (Å²) in [6, 6.07) is -1.00. The lowest BCUT2D eigenvalue weighted by Crippen LogP contribution is -2.66. The summed E-state index contributed by atoms with van der Waals surface area (Å²) in [6.07, 6.45) is 74.8. The van der Waals surface area contributed by atoms with Crippen molar-refractivity contribution >= 4 is 5.91 Å². The molecule has 3 aliphatic heterocycles. The monoisotopic (exact) mass is 1580 g/mol. The number of carbonyl (C=O) groups excluding carboxylic acids is 1. The first-order valence-corrected chi connectivity index (χ1v) is 44.8. The molecule has 0 radical (unpaired) electrons. The van der Waals surface area contributed by atoms with Gasteiger partial charge in [0.1, 0.15) is 73.2 Å². The Morgan fingerprint density at radius 2 is 0.625 bits per heavy atom. The van der Waals surface area contributed by atoms with Crippen molar-refractivity contribution in [2.45, 2.75) is 433 Å². The molecule has 0 saturated carbocycles. The van der Waals surface area contributed by atoms with Crippen LogP contribution in [-0.2, 0) is 33.2 Å². The molecule has 0 aromatic carbocycles. The minimum absolute atomic E-state index is 0.227. The van der Waals surface area contributed by atoms with E-state index in [1.165, 1.54) is 193 Å². The van der Waals surface area contributed by atoms with Crippen LogP contribution in [0.5, 0.6) is 0 Å². The molecule has 0 aliphatic carbocycles. The van der Waals surface area contributed by atoms with Gasteiger partial charge in [0, 0.05) is 6.42 Å². The van der Waals surface area contributed by atoms with Gasteiger partial charge in [-0.1, -0.05) is 347 Å². The van der Waals surface area contributed by atoms with Crippen molar-refractivity contribution in [1.82, 2.24) is 5.32 Å². The third-order valence-electron chi connectivity index (χ3n) is 21.5. The van der Waals surface area contributed by atoms with E-state index in [0.717, 1.165) is 103 Å². The van der Waals surface area contributed by atoms with Gasteiger partial charge >= 0.3 is 0 Å². The molecule has 0 bridgehead atoms. The Bertz CT molecular complexity index is 2500. The summed E-state index contributed by atoms with van der Waals surface area (Å²) < 4.78 is 34.5. The molecule has 0 spiro atoms. The van der Waals surface area contributed by atoms with E-state index < -0.39 is 124 Å². The molecule has 3 rings (SSSR count). The van der Waals surface area contributed by atoms with E-state index in [1.807, 2.05) is 6.08 Å². The lowest BCUT2D eigenvalue weighted by atomic mass is 9.96. The van der Waals surface area contributed by atoms with Gasteiger partial charge < -0.3 is 89.9 Å². The van der Waals surface area contributed by atoms with Crippen LogP contribution in [0.15, 0.2) is 122 Å². The number of unbranched alkanes of at least 4 members (excludes halogenated alkanes) is 37. The number of carbonyl (C=O) groups is 1. The zero-order chi connectivity index (χ0) is 81.0. The Morgan fingerprint density at radius 3 is 1.00 bits per heavy atom. The van der Waals surface area contributed by atoms with Crippen molar-refractivity contribution in [3.05, 3.63) is 122 Å². The van der Waals surface area contributed by atoms with E-state index in [1.54, 1.807) is 6.08 Å². The Hall–Kier alpha value is -3.81. The molecule has 112 heavy (non-hydrogen) atoms. The van der Waals surface area contributed by atoms with Crippen LogP contribution in [0.1, 0.15) is 328 Å². The molecule has 3 heterocycles. The maximum Gasteiger partial charge on any atom is 0.220 e. The standard InChI is InChI=1S/C93H161NO18/c1-3-5-7-9-11-13-15-17-19-21-23-25-27-29-31-33-35-36-37-38-39-40-41-43-45-47-49-51-53-55-57-59-61-63-65-67-69-71-81(99)94-76(77(98)70-68-66-64-62-60-58-56-54-52-50-48-46-44-42-34-32-30-28-26-24-22-20-18-16-14-12-10-8-6-4-2)75-107-91-87(105)84(102)89(79(73-96)109-91)112-93-88(106)85(103)90(80(74-97)110-93)111-92-86(104)83(101)82(100)78(72-95)108-92/h5,7,11,13,17,19,23,25,29,31,35-36,38-39,41,43,60,62,68,70,76-80,82-93,95-98,100-106H,3-4,6,8-10,12,14-16,18,20-22,24,26-28,30,32-34,37,40,42,44-59,61,63-67,69,71-75H2,1-2H3,(H,94,99)/b7-5-,13-11-,19-17-,25-23-,31-29-,36-35-,39-38-,43-41-,62-60+,70-68+. The van der Waals surface area contributed by atoms with Crippen LogP contribution < -0.4 is 5.32 Å². The average Bonchev–Trinajstić information content (AvgIpc) is 0.781. The fourth-order valence-electron chi connectivity index (χ4n) is 14.4. The normalized spacial score (nSPS) is 25.5. The second kappa shape index (κ2) is 71.3. The summed E-state index contributed by atoms with van der Waals surface area (Å²) >= 11 is 0. The van der Waals surface area contributed by atoms with Gasteiger partial charge in [0.2, 0.25) is 5.91 Å². The zero-order valence-corrected chi connectivity index (χ0v) is 69.6. The number of hydrogen-bond donors (Lipinski definition) is 12. The topological polar surface area (TPSA) is 307 Å². The highest BCUT2D eigenvalue weighted by Crippen LogP contribution is 2.33. The highest BCUT2D eigenvalue weighted by Gasteiger charge is 2.54. The predicted molar refractivity (Wildman–Crippen MR) is 452 cm³/mol. The van der Waals surface area contributed by atoms with Crippen molar-refractivity contribution in [1.29, 1.82) is 0 Å². The second-order valence-corrected chi connectivity index (χ2v) is 31.3. The highest BCUT2D eigenvalue weighted by atomic mass is 16.8. The van der Waals surface area contributed by atoms with Gasteiger partial charge in [0.25, 0.3) is 0 Å². The Morgan fingerprint density at radius 1 is 0.330 bits per heavy atom. The molecule has 12 N–H and O–H groups in total. The van der Waals surface area contributed by atoms with Gasteiger partial charge in [-0.2, -0.15) is 0 Å². The molecular formula is C93H161NO18. The average molecular weight is 1580 g/mol. The zero-order valence-electron chi connectivity index (χ0n) is 69.6. The number of ether oxygens (including phenoxy) is 6. The van der Waals surface area contributed by atoms with Crippen molar-refractivity contribution in [2.75, 3.05) is 26.4 Å². The van der Waals surface area contributed by atoms with Crippen LogP contribution >= 0.6 is 0 Å². The fraction of sp³-hybridized carbons (Fsp3) is 0.774. The summed E-state index contributed by atoms with van der Waals surface area (Å²) in [6.45, 7) is 1.63. The van der Waals surface area contributed by atoms with Crippen LogP contribution in [0.2, 0.25) is 0 Å². The van der Waals surface area contributed by atoms with Gasteiger partial charge in [0.15, 0.2) is 18.9 Å². The van der Waals surface area contributed by atoms with E-state index >= 15 is 0 Å². The van der Waals surface area contributed by atoms with Gasteiger partial charge in [0.05, 0.1) is 38.6 Å². The lowest BCUT2D eigenvalue weighted by Gasteiger charge is -2.48. The Labute approximate surface area is 678 Å². The van der Waals surface area contributed by atoms with Crippen LogP contribution in [0.4, 0.5) is 0 Å². The Kier molecular flexibility index (Phi) is 65.2. The molecule has 0 aromatic rings. The molecular weight excluding hydrogens is 1420 g/mol. The van der Waals surface area contributed by atoms with E-state index in [9.17, 15) is 61.0 Å². The third kappa shape index (κ3) is 49.4. The SMILES string of the molecule is CC/C=C\C/C=C\C/C=C\C/C=C\C/C=C\C/C=C\C/C=C\C/C=C\CCCCCCCCCCCCCCC(=O)NC(COC1OC(CO)C(OC2OC(CO)C(OC3OC(CO)C(O)C(O)C3O)C(O)C2O)C(O)C1O)C(O)/C=C/CC/C=C/CCCCCCCCCCCCCCCCCCCCCCCCCC. The summed E-state index contributed by atoms with van der Waals surface area (Å²) in [4.78, 5) is 13.5. The predicted octanol–water partition coefficient (Wildman–Crippen LogP) is 17.0. The maximum atomic E-state index is 13.5. The van der Waals surface area contributed by atoms with E-state index in [4.69, 9.17) is 28.4 Å². The molecule has 646 valence electrons. The van der Waals surface area contributed by atoms with Crippen LogP contribution in [-0.4, -0.2) is 193 Å². The number of amides is 1. The minimum atomic E-state index is -1.99. The first-order valence-electron chi connectivity index (χ1n) is 44.8. The number of allylic oxidation sites excluding steroid dienone is 19. The van der Waals surface area contributed by atoms with Crippen LogP contribution in [0.25, 0.3) is 0 Å². The number of aliphatic hydroxyl groups excluding tert-OH is 11. The largest absolute Gasteiger partial charge is 0.394 e. The first kappa shape index (κ1) is 102. The van der Waals surface area contributed by atoms with Gasteiger partial charge in [-0.3, -0.25) is 4.79 Å². The summed E-state index contributed by atoms with van der Waals surface area (Å²) in [5.74, 6) is -0.289. The molecule has 3 aliphatic rings. The number of hydrogen-bond acceptors (Lipinski definition) is 18. The summed E-state index contributed by atoms with van der Waals surface area (Å²) in [5.41, 5.74) is 0. The van der Waals surface area contributed by atoms with E-state index in [2.05, 4.69) is 129 Å². The van der Waals surface area contributed by atoms with Crippen LogP contribution in [0.3, 0.4) is 0 Å². The molecule has 0 aromatic heterocycles. The van der Waals surface area contributed by atoms with Crippen LogP contribution in [0, 0.1) is 0 Å². The smallest absolute Gasteiger partial charge is 0.220 e. The molecule has 3 saturated heterocycles. The molecule has 17 atom stereocenters. The third-order valence-corrected chi connectivity index (χ3v) is 21.5. The quantitative estimate of drug-likeness (QED) is 0.0199. The van der Waals surface area contributed by atoms with Crippen molar-refractivity contribution in [2.24, 2.45) is 0 Å². The summed E-state index contributed by atoms with van der Waals surface area (Å²) in [7, 11) is 0. The first-order chi connectivity index (χ1) is 54.8.